The molecule has 0 aliphatic rings. The lowest BCUT2D eigenvalue weighted by Gasteiger charge is -2.02. The molecule has 0 spiro atoms. The lowest BCUT2D eigenvalue weighted by atomic mass is 10.2. The largest absolute Gasteiger partial charge is 0.452 e. The molecule has 3 aromatic rings. The fourth-order valence-electron chi connectivity index (χ4n) is 1.91. The highest BCUT2D eigenvalue weighted by Crippen LogP contribution is 2.20. The minimum absolute atomic E-state index is 0.0803. The van der Waals surface area contributed by atoms with Crippen LogP contribution in [-0.4, -0.2) is 11.0 Å². The van der Waals surface area contributed by atoms with E-state index in [1.807, 2.05) is 30.3 Å². The Bertz CT molecular complexity index is 766. The molecule has 0 aliphatic heterocycles. The molecular formula is C17H12FNO3. The third-order valence-corrected chi connectivity index (χ3v) is 3.02. The Morgan fingerprint density at radius 2 is 1.82 bits per heavy atom. The van der Waals surface area contributed by atoms with Crippen molar-refractivity contribution in [1.29, 1.82) is 0 Å². The van der Waals surface area contributed by atoms with Gasteiger partial charge in [-0.25, -0.2) is 14.2 Å². The van der Waals surface area contributed by atoms with Crippen molar-refractivity contribution in [3.63, 3.8) is 0 Å². The number of aromatic nitrogens is 1. The molecule has 110 valence electrons. The van der Waals surface area contributed by atoms with E-state index in [4.69, 9.17) is 9.15 Å². The van der Waals surface area contributed by atoms with E-state index in [0.29, 0.717) is 11.7 Å². The van der Waals surface area contributed by atoms with E-state index in [0.717, 1.165) is 5.56 Å². The normalized spacial score (nSPS) is 10.4. The molecule has 0 bridgehead atoms. The maximum absolute atomic E-state index is 12.8. The first-order chi connectivity index (χ1) is 10.7. The monoisotopic (exact) mass is 297 g/mol. The van der Waals surface area contributed by atoms with Crippen molar-refractivity contribution < 1.29 is 18.3 Å². The van der Waals surface area contributed by atoms with Crippen molar-refractivity contribution in [2.75, 3.05) is 0 Å². The van der Waals surface area contributed by atoms with Crippen molar-refractivity contribution in [3.8, 4) is 11.3 Å². The average Bonchev–Trinajstić information content (AvgIpc) is 3.03. The van der Waals surface area contributed by atoms with Crippen LogP contribution >= 0.6 is 0 Å². The number of benzene rings is 2. The maximum atomic E-state index is 12.8. The van der Waals surface area contributed by atoms with Crippen LogP contribution < -0.4 is 0 Å². The van der Waals surface area contributed by atoms with Crippen LogP contribution in [0.5, 0.6) is 0 Å². The molecule has 0 fully saturated rings. The zero-order chi connectivity index (χ0) is 15.4. The molecule has 3 rings (SSSR count). The van der Waals surface area contributed by atoms with Gasteiger partial charge >= 0.3 is 5.97 Å². The highest BCUT2D eigenvalue weighted by Gasteiger charge is 2.11. The predicted octanol–water partition coefficient (Wildman–Crippen LogP) is 3.84. The second-order valence-corrected chi connectivity index (χ2v) is 4.57. The molecule has 0 saturated heterocycles. The lowest BCUT2D eigenvalue weighted by molar-refractivity contribution is 0.0439. The Hall–Kier alpha value is -2.95. The minimum atomic E-state index is -0.556. The van der Waals surface area contributed by atoms with E-state index in [1.165, 1.54) is 24.3 Å². The van der Waals surface area contributed by atoms with Gasteiger partial charge in [-0.1, -0.05) is 30.3 Å². The van der Waals surface area contributed by atoms with Gasteiger partial charge in [0.05, 0.1) is 11.8 Å². The van der Waals surface area contributed by atoms with Gasteiger partial charge < -0.3 is 9.15 Å². The van der Waals surface area contributed by atoms with Gasteiger partial charge in [-0.2, -0.15) is 0 Å². The fourth-order valence-corrected chi connectivity index (χ4v) is 1.91. The number of ether oxygens (including phenoxy) is 1. The molecule has 2 aromatic carbocycles. The highest BCUT2D eigenvalue weighted by atomic mass is 19.1. The third kappa shape index (κ3) is 3.20. The summed E-state index contributed by atoms with van der Waals surface area (Å²) in [7, 11) is 0. The number of nitrogens with zero attached hydrogens (tertiary/aromatic N) is 1. The minimum Gasteiger partial charge on any atom is -0.452 e. The number of esters is 1. The van der Waals surface area contributed by atoms with Crippen LogP contribution in [-0.2, 0) is 11.3 Å². The van der Waals surface area contributed by atoms with Crippen LogP contribution in [0.1, 0.15) is 16.2 Å². The van der Waals surface area contributed by atoms with Crippen molar-refractivity contribution in [2.24, 2.45) is 0 Å². The zero-order valence-electron chi connectivity index (χ0n) is 11.5. The smallest absolute Gasteiger partial charge is 0.338 e. The molecule has 1 aromatic heterocycles. The van der Waals surface area contributed by atoms with E-state index in [1.54, 1.807) is 6.20 Å². The topological polar surface area (TPSA) is 52.3 Å². The van der Waals surface area contributed by atoms with Gasteiger partial charge in [-0.3, -0.25) is 0 Å². The standard InChI is InChI=1S/C17H12FNO3/c18-14-8-6-13(7-9-14)17(20)21-11-16-19-10-15(22-16)12-4-2-1-3-5-12/h1-10H,11H2. The maximum Gasteiger partial charge on any atom is 0.338 e. The summed E-state index contributed by atoms with van der Waals surface area (Å²) in [5, 5.41) is 0. The SMILES string of the molecule is O=C(OCc1ncc(-c2ccccc2)o1)c1ccc(F)cc1. The van der Waals surface area contributed by atoms with Crippen LogP contribution in [0, 0.1) is 5.82 Å². The first-order valence-corrected chi connectivity index (χ1v) is 6.65. The van der Waals surface area contributed by atoms with Crippen molar-refractivity contribution in [3.05, 3.63) is 78.1 Å². The second kappa shape index (κ2) is 6.22. The molecule has 0 amide bonds. The van der Waals surface area contributed by atoms with Crippen LogP contribution in [0.25, 0.3) is 11.3 Å². The number of carbonyl (C=O) groups excluding carboxylic acids is 1. The third-order valence-electron chi connectivity index (χ3n) is 3.02. The van der Waals surface area contributed by atoms with Crippen LogP contribution in [0.15, 0.2) is 65.2 Å². The van der Waals surface area contributed by atoms with Crippen LogP contribution in [0.2, 0.25) is 0 Å². The van der Waals surface area contributed by atoms with E-state index in [2.05, 4.69) is 4.98 Å². The van der Waals surface area contributed by atoms with E-state index >= 15 is 0 Å². The molecule has 5 heteroatoms. The number of carbonyl (C=O) groups is 1. The molecule has 4 nitrogen and oxygen atoms in total. The number of hydrogen-bond donors (Lipinski definition) is 0. The van der Waals surface area contributed by atoms with Crippen molar-refractivity contribution in [2.45, 2.75) is 6.61 Å². The van der Waals surface area contributed by atoms with Gasteiger partial charge in [0.15, 0.2) is 12.4 Å². The molecule has 0 unspecified atom stereocenters. The van der Waals surface area contributed by atoms with Gasteiger partial charge in [-0.15, -0.1) is 0 Å². The Morgan fingerprint density at radius 3 is 2.55 bits per heavy atom. The average molecular weight is 297 g/mol. The quantitative estimate of drug-likeness (QED) is 0.687. The number of oxazole rings is 1. The lowest BCUT2D eigenvalue weighted by Crippen LogP contribution is -2.05. The van der Waals surface area contributed by atoms with E-state index in [9.17, 15) is 9.18 Å². The summed E-state index contributed by atoms with van der Waals surface area (Å²) in [5.74, 6) is -0.0565. The molecule has 0 aliphatic carbocycles. The Balaban J connectivity index is 1.64. The molecule has 22 heavy (non-hydrogen) atoms. The van der Waals surface area contributed by atoms with Gasteiger partial charge in [0, 0.05) is 5.56 Å². The molecule has 0 saturated carbocycles. The van der Waals surface area contributed by atoms with Crippen LogP contribution in [0.4, 0.5) is 4.39 Å². The Morgan fingerprint density at radius 1 is 1.09 bits per heavy atom. The number of rotatable bonds is 4. The first-order valence-electron chi connectivity index (χ1n) is 6.65. The fraction of sp³-hybridized carbons (Fsp3) is 0.0588. The molecule has 1 heterocycles. The van der Waals surface area contributed by atoms with Gasteiger partial charge in [-0.05, 0) is 24.3 Å². The summed E-state index contributed by atoms with van der Waals surface area (Å²) < 4.78 is 23.4. The highest BCUT2D eigenvalue weighted by molar-refractivity contribution is 5.89. The first kappa shape index (κ1) is 14.0. The summed E-state index contributed by atoms with van der Waals surface area (Å²) in [4.78, 5) is 15.9. The summed E-state index contributed by atoms with van der Waals surface area (Å²) in [6.07, 6.45) is 1.58. The number of hydrogen-bond acceptors (Lipinski definition) is 4. The zero-order valence-corrected chi connectivity index (χ0v) is 11.5. The summed E-state index contributed by atoms with van der Waals surface area (Å²) >= 11 is 0. The number of halogens is 1. The van der Waals surface area contributed by atoms with Crippen LogP contribution in [0.3, 0.4) is 0 Å². The van der Waals surface area contributed by atoms with Crippen molar-refractivity contribution in [1.82, 2.24) is 4.98 Å². The molecule has 0 atom stereocenters. The Labute approximate surface area is 126 Å². The van der Waals surface area contributed by atoms with Gasteiger partial charge in [0.2, 0.25) is 5.89 Å². The molecular weight excluding hydrogens is 285 g/mol. The summed E-state index contributed by atoms with van der Waals surface area (Å²) in [5.41, 5.74) is 1.17. The van der Waals surface area contributed by atoms with Gasteiger partial charge in [0.25, 0.3) is 0 Å². The molecule has 0 radical (unpaired) electrons. The Kier molecular flexibility index (Phi) is 3.96. The predicted molar refractivity (Wildman–Crippen MR) is 77.5 cm³/mol. The molecule has 0 N–H and O–H groups in total. The second-order valence-electron chi connectivity index (χ2n) is 4.57. The summed E-state index contributed by atoms with van der Waals surface area (Å²) in [6.45, 7) is -0.0803. The van der Waals surface area contributed by atoms with Gasteiger partial charge in [0.1, 0.15) is 5.82 Å². The van der Waals surface area contributed by atoms with E-state index < -0.39 is 11.8 Å². The van der Waals surface area contributed by atoms with E-state index in [-0.39, 0.29) is 12.2 Å². The summed E-state index contributed by atoms with van der Waals surface area (Å²) in [6, 6.07) is 14.6. The van der Waals surface area contributed by atoms with Crippen molar-refractivity contribution >= 4 is 5.97 Å².